The van der Waals surface area contributed by atoms with Crippen molar-refractivity contribution in [2.75, 3.05) is 6.54 Å². The zero-order valence-corrected chi connectivity index (χ0v) is 5.40. The van der Waals surface area contributed by atoms with E-state index in [0.717, 1.165) is 12.1 Å². The molecule has 1 rings (SSSR count). The minimum Gasteiger partial charge on any atom is -0.325 e. The first-order valence-corrected chi connectivity index (χ1v) is 3.05. The van der Waals surface area contributed by atoms with Crippen LogP contribution in [0.5, 0.6) is 0 Å². The number of hydrogen-bond acceptors (Lipinski definition) is 3. The van der Waals surface area contributed by atoms with Crippen LogP contribution in [0.25, 0.3) is 0 Å². The molecule has 0 unspecified atom stereocenters. The Balaban J connectivity index is 2.59. The molecule has 0 aromatic carbocycles. The topological polar surface area (TPSA) is 41.1 Å². The number of hydrazine groups is 1. The average Bonchev–Trinajstić information content (AvgIpc) is 1.88. The predicted molar refractivity (Wildman–Crippen MR) is 34.5 cm³/mol. The number of carbonyl (C=O) groups excluding carboxylic acids is 1. The summed E-state index contributed by atoms with van der Waals surface area (Å²) >= 11 is 0. The van der Waals surface area contributed by atoms with Crippen LogP contribution in [0.3, 0.4) is 0 Å². The van der Waals surface area contributed by atoms with E-state index in [1.165, 1.54) is 0 Å². The van der Waals surface area contributed by atoms with Gasteiger partial charge < -0.3 is 5.43 Å². The van der Waals surface area contributed by atoms with Crippen LogP contribution in [-0.2, 0) is 4.79 Å². The molecule has 2 N–H and O–H groups in total. The average molecular weight is 126 g/mol. The van der Waals surface area contributed by atoms with Gasteiger partial charge in [0.2, 0.25) is 0 Å². The molecule has 0 aromatic rings. The third kappa shape index (κ3) is 1.54. The molecule has 0 radical (unpaired) electrons. The van der Waals surface area contributed by atoms with Gasteiger partial charge in [-0.2, -0.15) is 0 Å². The van der Waals surface area contributed by atoms with Crippen molar-refractivity contribution in [2.24, 2.45) is 0 Å². The van der Waals surface area contributed by atoms with Crippen LogP contribution in [0.15, 0.2) is 11.8 Å². The van der Waals surface area contributed by atoms with Crippen LogP contribution in [0.1, 0.15) is 13.3 Å². The van der Waals surface area contributed by atoms with Gasteiger partial charge in [-0.3, -0.25) is 4.79 Å². The van der Waals surface area contributed by atoms with Crippen molar-refractivity contribution in [1.29, 1.82) is 0 Å². The summed E-state index contributed by atoms with van der Waals surface area (Å²) in [5.41, 5.74) is 6.62. The van der Waals surface area contributed by atoms with E-state index in [0.29, 0.717) is 6.54 Å². The lowest BCUT2D eigenvalue weighted by atomic mass is 10.2. The van der Waals surface area contributed by atoms with E-state index < -0.39 is 0 Å². The fraction of sp³-hybridized carbons (Fsp3) is 0.500. The Kier molecular flexibility index (Phi) is 1.85. The monoisotopic (exact) mass is 126 g/mol. The van der Waals surface area contributed by atoms with Gasteiger partial charge in [0.05, 0.1) is 6.54 Å². The van der Waals surface area contributed by atoms with E-state index in [9.17, 15) is 4.79 Å². The van der Waals surface area contributed by atoms with Crippen molar-refractivity contribution in [3.8, 4) is 0 Å². The molecule has 3 nitrogen and oxygen atoms in total. The van der Waals surface area contributed by atoms with Crippen molar-refractivity contribution in [2.45, 2.75) is 13.3 Å². The van der Waals surface area contributed by atoms with E-state index in [1.54, 1.807) is 6.08 Å². The fourth-order valence-corrected chi connectivity index (χ4v) is 0.717. The first kappa shape index (κ1) is 6.29. The third-order valence-corrected chi connectivity index (χ3v) is 1.23. The number of allylic oxidation sites excluding steroid dienone is 1. The Bertz CT molecular complexity index is 151. The Morgan fingerprint density at radius 2 is 2.56 bits per heavy atom. The quantitative estimate of drug-likeness (QED) is 0.518. The summed E-state index contributed by atoms with van der Waals surface area (Å²) in [7, 11) is 0. The van der Waals surface area contributed by atoms with E-state index in [4.69, 9.17) is 0 Å². The molecule has 0 bridgehead atoms. The maximum Gasteiger partial charge on any atom is 0.173 e. The highest BCUT2D eigenvalue weighted by Gasteiger charge is 2.04. The van der Waals surface area contributed by atoms with Gasteiger partial charge in [-0.15, -0.1) is 0 Å². The summed E-state index contributed by atoms with van der Waals surface area (Å²) in [4.78, 5) is 10.7. The summed E-state index contributed by atoms with van der Waals surface area (Å²) in [5, 5.41) is 0. The normalized spacial score (nSPS) is 18.8. The standard InChI is InChI=1S/C6H10N2O/c1-2-5-3-6(9)4-7-8-5/h3,7-8H,2,4H2,1H3. The highest BCUT2D eigenvalue weighted by Crippen LogP contribution is 1.96. The Labute approximate surface area is 54.1 Å². The lowest BCUT2D eigenvalue weighted by Gasteiger charge is -2.13. The van der Waals surface area contributed by atoms with Crippen LogP contribution in [0.4, 0.5) is 0 Å². The van der Waals surface area contributed by atoms with E-state index >= 15 is 0 Å². The summed E-state index contributed by atoms with van der Waals surface area (Å²) in [6.07, 6.45) is 2.51. The van der Waals surface area contributed by atoms with E-state index in [2.05, 4.69) is 10.9 Å². The summed E-state index contributed by atoms with van der Waals surface area (Å²) < 4.78 is 0. The Morgan fingerprint density at radius 1 is 1.78 bits per heavy atom. The Morgan fingerprint density at radius 3 is 3.00 bits per heavy atom. The maximum atomic E-state index is 10.7. The van der Waals surface area contributed by atoms with Crippen LogP contribution >= 0.6 is 0 Å². The minimum atomic E-state index is 0.144. The summed E-state index contributed by atoms with van der Waals surface area (Å²) in [5.74, 6) is 0.144. The van der Waals surface area contributed by atoms with Gasteiger partial charge in [0.15, 0.2) is 5.78 Å². The second kappa shape index (κ2) is 2.64. The number of rotatable bonds is 1. The fourth-order valence-electron chi connectivity index (χ4n) is 0.717. The van der Waals surface area contributed by atoms with Crippen LogP contribution < -0.4 is 10.9 Å². The second-order valence-electron chi connectivity index (χ2n) is 1.97. The summed E-state index contributed by atoms with van der Waals surface area (Å²) in [6, 6.07) is 0. The molecule has 1 aliphatic heterocycles. The van der Waals surface area contributed by atoms with Gasteiger partial charge in [0.1, 0.15) is 0 Å². The molecule has 0 aromatic heterocycles. The highest BCUT2D eigenvalue weighted by atomic mass is 16.1. The number of hydrogen-bond donors (Lipinski definition) is 2. The van der Waals surface area contributed by atoms with Gasteiger partial charge in [0.25, 0.3) is 0 Å². The SMILES string of the molecule is CCC1=CC(=O)CNN1. The molecule has 0 saturated carbocycles. The van der Waals surface area contributed by atoms with Gasteiger partial charge in [-0.05, 0) is 6.42 Å². The second-order valence-corrected chi connectivity index (χ2v) is 1.97. The largest absolute Gasteiger partial charge is 0.325 e. The molecular weight excluding hydrogens is 116 g/mol. The van der Waals surface area contributed by atoms with E-state index in [1.807, 2.05) is 6.92 Å². The highest BCUT2D eigenvalue weighted by molar-refractivity contribution is 5.92. The number of ketones is 1. The molecule has 0 atom stereocenters. The molecule has 9 heavy (non-hydrogen) atoms. The van der Waals surface area contributed by atoms with Crippen molar-refractivity contribution >= 4 is 5.78 Å². The number of nitrogens with one attached hydrogen (secondary N) is 2. The first-order chi connectivity index (χ1) is 4.33. The lowest BCUT2D eigenvalue weighted by Crippen LogP contribution is -2.39. The zero-order chi connectivity index (χ0) is 6.69. The molecule has 50 valence electrons. The van der Waals surface area contributed by atoms with Crippen LogP contribution in [0, 0.1) is 0 Å². The number of carbonyl (C=O) groups is 1. The Hall–Kier alpha value is -0.830. The van der Waals surface area contributed by atoms with E-state index in [-0.39, 0.29) is 5.78 Å². The molecular formula is C6H10N2O. The molecule has 1 heterocycles. The van der Waals surface area contributed by atoms with Gasteiger partial charge in [0, 0.05) is 11.8 Å². The minimum absolute atomic E-state index is 0.144. The van der Waals surface area contributed by atoms with Crippen LogP contribution in [0.2, 0.25) is 0 Å². The van der Waals surface area contributed by atoms with Crippen molar-refractivity contribution in [1.82, 2.24) is 10.9 Å². The first-order valence-electron chi connectivity index (χ1n) is 3.05. The molecule has 3 heteroatoms. The lowest BCUT2D eigenvalue weighted by molar-refractivity contribution is -0.114. The third-order valence-electron chi connectivity index (χ3n) is 1.23. The molecule has 0 aliphatic carbocycles. The van der Waals surface area contributed by atoms with Gasteiger partial charge in [-0.25, -0.2) is 5.43 Å². The van der Waals surface area contributed by atoms with Crippen molar-refractivity contribution in [3.63, 3.8) is 0 Å². The molecule has 0 spiro atoms. The molecule has 1 aliphatic rings. The van der Waals surface area contributed by atoms with Crippen LogP contribution in [-0.4, -0.2) is 12.3 Å². The smallest absolute Gasteiger partial charge is 0.173 e. The zero-order valence-electron chi connectivity index (χ0n) is 5.40. The van der Waals surface area contributed by atoms with Crippen molar-refractivity contribution < 1.29 is 4.79 Å². The predicted octanol–water partition coefficient (Wildman–Crippen LogP) is -0.0428. The summed E-state index contributed by atoms with van der Waals surface area (Å²) in [6.45, 7) is 2.41. The maximum absolute atomic E-state index is 10.7. The molecule has 0 fully saturated rings. The van der Waals surface area contributed by atoms with Gasteiger partial charge >= 0.3 is 0 Å². The van der Waals surface area contributed by atoms with Gasteiger partial charge in [-0.1, -0.05) is 6.92 Å². The van der Waals surface area contributed by atoms with Crippen molar-refractivity contribution in [3.05, 3.63) is 11.8 Å². The molecule has 0 amide bonds. The molecule has 0 saturated heterocycles.